The molecule has 0 unspecified atom stereocenters. The molecular weight excluding hydrogens is 404 g/mol. The summed E-state index contributed by atoms with van der Waals surface area (Å²) in [6.07, 6.45) is 0. The second-order valence-corrected chi connectivity index (χ2v) is 7.36. The Labute approximate surface area is 150 Å². The van der Waals surface area contributed by atoms with Crippen LogP contribution in [0.2, 0.25) is 0 Å². The number of nitrogens with one attached hydrogen (secondary N) is 1. The standard InChI is InChI=1S/C19H21FINO/c1-11(2)14-6-5-7-15(12(3)4)18(14)22-19(23)16-9-8-13(20)10-17(16)21/h5-12H,1-4H3,(H,22,23). The Kier molecular flexibility index (Phi) is 5.79. The van der Waals surface area contributed by atoms with E-state index < -0.39 is 0 Å². The van der Waals surface area contributed by atoms with Gasteiger partial charge in [-0.25, -0.2) is 4.39 Å². The van der Waals surface area contributed by atoms with E-state index in [1.54, 1.807) is 0 Å². The molecule has 122 valence electrons. The van der Waals surface area contributed by atoms with Gasteiger partial charge in [-0.2, -0.15) is 0 Å². The summed E-state index contributed by atoms with van der Waals surface area (Å²) in [6.45, 7) is 8.43. The van der Waals surface area contributed by atoms with Gasteiger partial charge in [-0.15, -0.1) is 0 Å². The van der Waals surface area contributed by atoms with Crippen LogP contribution >= 0.6 is 22.6 Å². The zero-order valence-corrected chi connectivity index (χ0v) is 15.9. The Morgan fingerprint density at radius 1 is 1.04 bits per heavy atom. The van der Waals surface area contributed by atoms with Crippen LogP contribution < -0.4 is 5.32 Å². The molecule has 0 heterocycles. The van der Waals surface area contributed by atoms with E-state index in [0.29, 0.717) is 21.0 Å². The van der Waals surface area contributed by atoms with Crippen LogP contribution in [0.5, 0.6) is 0 Å². The van der Waals surface area contributed by atoms with Crippen molar-refractivity contribution in [1.29, 1.82) is 0 Å². The first-order chi connectivity index (χ1) is 10.8. The second kappa shape index (κ2) is 7.43. The fraction of sp³-hybridized carbons (Fsp3) is 0.316. The average Bonchev–Trinajstić information content (AvgIpc) is 2.46. The van der Waals surface area contributed by atoms with Gasteiger partial charge in [0.05, 0.1) is 5.56 Å². The van der Waals surface area contributed by atoms with E-state index in [1.807, 2.05) is 40.8 Å². The molecule has 1 amide bonds. The van der Waals surface area contributed by atoms with E-state index in [1.165, 1.54) is 18.2 Å². The van der Waals surface area contributed by atoms with E-state index in [2.05, 4.69) is 33.0 Å². The highest BCUT2D eigenvalue weighted by molar-refractivity contribution is 14.1. The van der Waals surface area contributed by atoms with Gasteiger partial charge in [0, 0.05) is 9.26 Å². The Morgan fingerprint density at radius 3 is 2.09 bits per heavy atom. The van der Waals surface area contributed by atoms with E-state index in [4.69, 9.17) is 0 Å². The highest BCUT2D eigenvalue weighted by Crippen LogP contribution is 2.33. The largest absolute Gasteiger partial charge is 0.321 e. The zero-order valence-electron chi connectivity index (χ0n) is 13.8. The fourth-order valence-electron chi connectivity index (χ4n) is 2.55. The molecule has 23 heavy (non-hydrogen) atoms. The minimum atomic E-state index is -0.337. The average molecular weight is 425 g/mol. The normalized spacial score (nSPS) is 11.1. The van der Waals surface area contributed by atoms with Crippen LogP contribution in [-0.2, 0) is 0 Å². The van der Waals surface area contributed by atoms with E-state index in [9.17, 15) is 9.18 Å². The van der Waals surface area contributed by atoms with E-state index in [-0.39, 0.29) is 11.7 Å². The molecule has 2 rings (SSSR count). The van der Waals surface area contributed by atoms with Crippen molar-refractivity contribution in [2.24, 2.45) is 0 Å². The Morgan fingerprint density at radius 2 is 1.61 bits per heavy atom. The molecule has 0 bridgehead atoms. The van der Waals surface area contributed by atoms with Gasteiger partial charge in [0.1, 0.15) is 5.82 Å². The molecule has 4 heteroatoms. The van der Waals surface area contributed by atoms with Gasteiger partial charge in [0.15, 0.2) is 0 Å². The summed E-state index contributed by atoms with van der Waals surface area (Å²) in [5, 5.41) is 3.05. The number of rotatable bonds is 4. The van der Waals surface area contributed by atoms with Crippen molar-refractivity contribution in [2.75, 3.05) is 5.32 Å². The predicted molar refractivity (Wildman–Crippen MR) is 102 cm³/mol. The molecule has 1 N–H and O–H groups in total. The number of halogens is 2. The van der Waals surface area contributed by atoms with Gasteiger partial charge in [-0.1, -0.05) is 45.9 Å². The van der Waals surface area contributed by atoms with Crippen LogP contribution in [-0.4, -0.2) is 5.91 Å². The van der Waals surface area contributed by atoms with Crippen LogP contribution in [0.4, 0.5) is 10.1 Å². The van der Waals surface area contributed by atoms with Crippen molar-refractivity contribution in [3.8, 4) is 0 Å². The molecule has 0 saturated carbocycles. The molecule has 0 aliphatic heterocycles. The zero-order chi connectivity index (χ0) is 17.1. The molecule has 0 fully saturated rings. The molecule has 2 nitrogen and oxygen atoms in total. The van der Waals surface area contributed by atoms with Crippen LogP contribution in [0.15, 0.2) is 36.4 Å². The third-order valence-electron chi connectivity index (χ3n) is 3.79. The molecule has 2 aromatic carbocycles. The van der Waals surface area contributed by atoms with Gasteiger partial charge in [0.2, 0.25) is 0 Å². The lowest BCUT2D eigenvalue weighted by atomic mass is 9.92. The molecule has 0 saturated heterocycles. The summed E-state index contributed by atoms with van der Waals surface area (Å²) in [5.41, 5.74) is 3.59. The summed E-state index contributed by atoms with van der Waals surface area (Å²) in [4.78, 5) is 12.7. The lowest BCUT2D eigenvalue weighted by Gasteiger charge is -2.20. The number of amides is 1. The summed E-state index contributed by atoms with van der Waals surface area (Å²) in [6, 6.07) is 10.3. The monoisotopic (exact) mass is 425 g/mol. The number of anilines is 1. The smallest absolute Gasteiger partial charge is 0.256 e. The molecule has 0 aliphatic carbocycles. The molecule has 0 atom stereocenters. The van der Waals surface area contributed by atoms with Gasteiger partial charge in [-0.05, 0) is 63.8 Å². The Balaban J connectivity index is 2.44. The topological polar surface area (TPSA) is 29.1 Å². The minimum Gasteiger partial charge on any atom is -0.321 e. The predicted octanol–water partition coefficient (Wildman–Crippen LogP) is 5.93. The third kappa shape index (κ3) is 4.10. The molecule has 0 aromatic heterocycles. The number of carbonyl (C=O) groups is 1. The lowest BCUT2D eigenvalue weighted by molar-refractivity contribution is 0.102. The van der Waals surface area contributed by atoms with Crippen LogP contribution in [0.3, 0.4) is 0 Å². The molecular formula is C19H21FINO. The molecule has 2 aromatic rings. The maximum atomic E-state index is 13.2. The van der Waals surface area contributed by atoms with Crippen molar-refractivity contribution in [1.82, 2.24) is 0 Å². The number of para-hydroxylation sites is 1. The third-order valence-corrected chi connectivity index (χ3v) is 4.68. The van der Waals surface area contributed by atoms with E-state index >= 15 is 0 Å². The second-order valence-electron chi connectivity index (χ2n) is 6.20. The first kappa shape index (κ1) is 17.9. The highest BCUT2D eigenvalue weighted by atomic mass is 127. The van der Waals surface area contributed by atoms with Crippen LogP contribution in [0, 0.1) is 9.39 Å². The summed E-state index contributed by atoms with van der Waals surface area (Å²) in [7, 11) is 0. The number of hydrogen-bond donors (Lipinski definition) is 1. The molecule has 0 aliphatic rings. The first-order valence-electron chi connectivity index (χ1n) is 7.70. The van der Waals surface area contributed by atoms with Gasteiger partial charge >= 0.3 is 0 Å². The van der Waals surface area contributed by atoms with Crippen molar-refractivity contribution in [2.45, 2.75) is 39.5 Å². The van der Waals surface area contributed by atoms with Crippen LogP contribution in [0.25, 0.3) is 0 Å². The maximum absolute atomic E-state index is 13.2. The lowest BCUT2D eigenvalue weighted by Crippen LogP contribution is -2.17. The van der Waals surface area contributed by atoms with E-state index in [0.717, 1.165) is 16.8 Å². The van der Waals surface area contributed by atoms with Gasteiger partial charge in [0.25, 0.3) is 5.91 Å². The highest BCUT2D eigenvalue weighted by Gasteiger charge is 2.18. The number of benzene rings is 2. The van der Waals surface area contributed by atoms with Gasteiger partial charge < -0.3 is 5.32 Å². The number of carbonyl (C=O) groups excluding carboxylic acids is 1. The summed E-state index contributed by atoms with van der Waals surface area (Å²) < 4.78 is 13.8. The molecule has 0 spiro atoms. The minimum absolute atomic E-state index is 0.204. The van der Waals surface area contributed by atoms with Crippen molar-refractivity contribution in [3.05, 3.63) is 62.5 Å². The summed E-state index contributed by atoms with van der Waals surface area (Å²) >= 11 is 1.99. The number of hydrogen-bond acceptors (Lipinski definition) is 1. The van der Waals surface area contributed by atoms with Gasteiger partial charge in [-0.3, -0.25) is 4.79 Å². The summed E-state index contributed by atoms with van der Waals surface area (Å²) in [5.74, 6) is 0.0633. The van der Waals surface area contributed by atoms with Crippen molar-refractivity contribution >= 4 is 34.2 Å². The van der Waals surface area contributed by atoms with Crippen LogP contribution in [0.1, 0.15) is 61.0 Å². The fourth-order valence-corrected chi connectivity index (χ4v) is 3.27. The Bertz CT molecular complexity index is 699. The Hall–Kier alpha value is -1.43. The molecule has 0 radical (unpaired) electrons. The SMILES string of the molecule is CC(C)c1cccc(C(C)C)c1NC(=O)c1ccc(F)cc1I. The first-order valence-corrected chi connectivity index (χ1v) is 8.78. The quantitative estimate of drug-likeness (QED) is 0.605. The van der Waals surface area contributed by atoms with Crippen molar-refractivity contribution < 1.29 is 9.18 Å². The van der Waals surface area contributed by atoms with Crippen molar-refractivity contribution in [3.63, 3.8) is 0 Å². The maximum Gasteiger partial charge on any atom is 0.256 e.